The molecule has 1 N–H and O–H groups in total. The van der Waals surface area contributed by atoms with Gasteiger partial charge in [0.1, 0.15) is 0 Å². The maximum atomic E-state index is 3.29. The van der Waals surface area contributed by atoms with Gasteiger partial charge >= 0.3 is 0 Å². The Labute approximate surface area is 144 Å². The molecular formula is C18H28N2S2. The molecule has 2 nitrogen and oxygen atoms in total. The van der Waals surface area contributed by atoms with E-state index in [1.807, 2.05) is 0 Å². The predicted molar refractivity (Wildman–Crippen MR) is 104 cm³/mol. The first kappa shape index (κ1) is 17.8. The molecule has 122 valence electrons. The van der Waals surface area contributed by atoms with Crippen molar-refractivity contribution in [3.63, 3.8) is 0 Å². The lowest BCUT2D eigenvalue weighted by atomic mass is 9.95. The van der Waals surface area contributed by atoms with Gasteiger partial charge in [-0.1, -0.05) is 33.8 Å². The van der Waals surface area contributed by atoms with Crippen LogP contribution in [0, 0.1) is 0 Å². The summed E-state index contributed by atoms with van der Waals surface area (Å²) in [6.07, 6.45) is 3.56. The third kappa shape index (κ3) is 4.24. The minimum atomic E-state index is 0.617. The zero-order valence-corrected chi connectivity index (χ0v) is 15.8. The molecule has 22 heavy (non-hydrogen) atoms. The summed E-state index contributed by atoms with van der Waals surface area (Å²) in [7, 11) is 0. The first-order valence-corrected chi connectivity index (χ1v) is 10.1. The molecule has 4 heteroatoms. The number of hydrogen-bond donors (Lipinski definition) is 1. The average molecular weight is 337 g/mol. The van der Waals surface area contributed by atoms with Crippen LogP contribution in [-0.4, -0.2) is 13.1 Å². The van der Waals surface area contributed by atoms with E-state index in [1.165, 1.54) is 41.0 Å². The monoisotopic (exact) mass is 336 g/mol. The van der Waals surface area contributed by atoms with Crippen LogP contribution in [-0.2, 0) is 0 Å². The van der Waals surface area contributed by atoms with Crippen LogP contribution < -0.4 is 9.03 Å². The lowest BCUT2D eigenvalue weighted by Gasteiger charge is -2.27. The summed E-state index contributed by atoms with van der Waals surface area (Å²) in [5.74, 6) is 0.617. The standard InChI is InChI=1S/C18H28N2S2/c1-5-10-20(11-6-2)17-9-8-15(14(4)7-3)12-16(17)18-13-21-19-22-18/h8-9,12-14,19H,5-7,10-11H2,1-4H3. The van der Waals surface area contributed by atoms with Gasteiger partial charge in [-0.05, 0) is 66.8 Å². The third-order valence-corrected chi connectivity index (χ3v) is 5.94. The first-order valence-electron chi connectivity index (χ1n) is 8.38. The van der Waals surface area contributed by atoms with Crippen molar-refractivity contribution in [2.45, 2.75) is 52.9 Å². The number of anilines is 1. The van der Waals surface area contributed by atoms with Crippen molar-refractivity contribution in [3.05, 3.63) is 34.7 Å². The van der Waals surface area contributed by atoms with E-state index in [2.05, 4.69) is 60.3 Å². The molecule has 0 saturated carbocycles. The fraction of sp³-hybridized carbons (Fsp3) is 0.556. The number of benzene rings is 1. The van der Waals surface area contributed by atoms with Crippen molar-refractivity contribution in [2.75, 3.05) is 18.0 Å². The van der Waals surface area contributed by atoms with Gasteiger partial charge < -0.3 is 4.90 Å². The molecule has 0 radical (unpaired) electrons. The van der Waals surface area contributed by atoms with Crippen molar-refractivity contribution < 1.29 is 0 Å². The summed E-state index contributed by atoms with van der Waals surface area (Å²) in [6, 6.07) is 7.08. The second-order valence-corrected chi connectivity index (χ2v) is 7.64. The number of nitrogens with one attached hydrogen (secondary N) is 1. The molecule has 1 atom stereocenters. The Hall–Kier alpha value is -0.580. The van der Waals surface area contributed by atoms with Gasteiger partial charge in [-0.25, -0.2) is 0 Å². The van der Waals surface area contributed by atoms with Gasteiger partial charge in [0.15, 0.2) is 0 Å². The van der Waals surface area contributed by atoms with Gasteiger partial charge in [0, 0.05) is 34.7 Å². The van der Waals surface area contributed by atoms with Gasteiger partial charge in [-0.2, -0.15) is 4.13 Å². The molecule has 2 rings (SSSR count). The molecule has 1 unspecified atom stereocenters. The van der Waals surface area contributed by atoms with Crippen LogP contribution >= 0.6 is 23.9 Å². The summed E-state index contributed by atoms with van der Waals surface area (Å²) in [5.41, 5.74) is 4.23. The maximum Gasteiger partial charge on any atom is 0.0452 e. The lowest BCUT2D eigenvalue weighted by molar-refractivity contribution is 0.728. The largest absolute Gasteiger partial charge is 0.371 e. The van der Waals surface area contributed by atoms with Crippen LogP contribution in [0.25, 0.3) is 4.91 Å². The number of rotatable bonds is 8. The molecule has 0 fully saturated rings. The molecule has 1 heterocycles. The quantitative estimate of drug-likeness (QED) is 0.583. The maximum absolute atomic E-state index is 3.29. The van der Waals surface area contributed by atoms with E-state index in [0.717, 1.165) is 13.1 Å². The van der Waals surface area contributed by atoms with E-state index >= 15 is 0 Å². The fourth-order valence-corrected chi connectivity index (χ4v) is 4.34. The molecule has 0 spiro atoms. The van der Waals surface area contributed by atoms with E-state index in [1.54, 1.807) is 23.9 Å². The molecule has 0 aromatic heterocycles. The van der Waals surface area contributed by atoms with E-state index in [0.29, 0.717) is 5.92 Å². The Morgan fingerprint density at radius 2 is 1.86 bits per heavy atom. The number of hydrogen-bond acceptors (Lipinski definition) is 4. The van der Waals surface area contributed by atoms with Crippen LogP contribution in [0.2, 0.25) is 0 Å². The second kappa shape index (κ2) is 8.90. The van der Waals surface area contributed by atoms with E-state index < -0.39 is 0 Å². The summed E-state index contributed by atoms with van der Waals surface area (Å²) in [6.45, 7) is 11.4. The van der Waals surface area contributed by atoms with Gasteiger partial charge in [-0.15, -0.1) is 0 Å². The predicted octanol–water partition coefficient (Wildman–Crippen LogP) is 6.02. The van der Waals surface area contributed by atoms with Gasteiger partial charge in [0.2, 0.25) is 0 Å². The van der Waals surface area contributed by atoms with Crippen LogP contribution in [0.1, 0.15) is 64.0 Å². The molecular weight excluding hydrogens is 308 g/mol. The Bertz CT molecular complexity index is 508. The Kier molecular flexibility index (Phi) is 7.19. The molecule has 0 bridgehead atoms. The van der Waals surface area contributed by atoms with Gasteiger partial charge in [0.05, 0.1) is 0 Å². The Morgan fingerprint density at radius 1 is 1.14 bits per heavy atom. The molecule has 1 aliphatic heterocycles. The summed E-state index contributed by atoms with van der Waals surface area (Å²) >= 11 is 3.42. The minimum absolute atomic E-state index is 0.617. The third-order valence-electron chi connectivity index (χ3n) is 4.16. The van der Waals surface area contributed by atoms with Crippen molar-refractivity contribution in [1.29, 1.82) is 0 Å². The van der Waals surface area contributed by atoms with E-state index in [9.17, 15) is 0 Å². The normalized spacial score (nSPS) is 15.7. The Morgan fingerprint density at radius 3 is 2.41 bits per heavy atom. The van der Waals surface area contributed by atoms with Crippen molar-refractivity contribution >= 4 is 34.5 Å². The van der Waals surface area contributed by atoms with Crippen molar-refractivity contribution in [1.82, 2.24) is 4.13 Å². The number of nitrogens with zero attached hydrogens (tertiary/aromatic N) is 1. The molecule has 1 aromatic carbocycles. The SMILES string of the molecule is CCCN(CCC)c1ccc(C(C)CC)cc1C1=CSNS1. The molecule has 0 aliphatic carbocycles. The fourth-order valence-electron chi connectivity index (χ4n) is 2.75. The zero-order chi connectivity index (χ0) is 15.9. The summed E-state index contributed by atoms with van der Waals surface area (Å²) < 4.78 is 3.29. The van der Waals surface area contributed by atoms with E-state index in [-0.39, 0.29) is 0 Å². The van der Waals surface area contributed by atoms with Crippen LogP contribution in [0.3, 0.4) is 0 Å². The van der Waals surface area contributed by atoms with Crippen molar-refractivity contribution in [3.8, 4) is 0 Å². The zero-order valence-electron chi connectivity index (χ0n) is 14.2. The first-order chi connectivity index (χ1) is 10.7. The van der Waals surface area contributed by atoms with Crippen LogP contribution in [0.15, 0.2) is 23.6 Å². The van der Waals surface area contributed by atoms with Gasteiger partial charge in [0.25, 0.3) is 0 Å². The minimum Gasteiger partial charge on any atom is -0.371 e. The van der Waals surface area contributed by atoms with Crippen LogP contribution in [0.4, 0.5) is 5.69 Å². The molecule has 1 aliphatic rings. The van der Waals surface area contributed by atoms with Gasteiger partial charge in [-0.3, -0.25) is 0 Å². The van der Waals surface area contributed by atoms with Crippen LogP contribution in [0.5, 0.6) is 0 Å². The molecule has 1 aromatic rings. The smallest absolute Gasteiger partial charge is 0.0452 e. The highest BCUT2D eigenvalue weighted by Gasteiger charge is 2.18. The van der Waals surface area contributed by atoms with E-state index in [4.69, 9.17) is 0 Å². The molecule has 0 saturated heterocycles. The Balaban J connectivity index is 2.42. The highest BCUT2D eigenvalue weighted by Crippen LogP contribution is 2.41. The summed E-state index contributed by atoms with van der Waals surface area (Å²) in [5, 5.41) is 2.24. The summed E-state index contributed by atoms with van der Waals surface area (Å²) in [4.78, 5) is 3.89. The highest BCUT2D eigenvalue weighted by molar-refractivity contribution is 8.22. The average Bonchev–Trinajstić information content (AvgIpc) is 3.07. The topological polar surface area (TPSA) is 15.3 Å². The highest BCUT2D eigenvalue weighted by atomic mass is 32.2. The second-order valence-electron chi connectivity index (χ2n) is 5.86. The molecule has 0 amide bonds. The van der Waals surface area contributed by atoms with Crippen molar-refractivity contribution in [2.24, 2.45) is 0 Å². The lowest BCUT2D eigenvalue weighted by Crippen LogP contribution is -2.26.